The van der Waals surface area contributed by atoms with Crippen molar-refractivity contribution in [1.82, 2.24) is 18.9 Å². The number of aromatic nitrogens is 4. The van der Waals surface area contributed by atoms with Crippen molar-refractivity contribution in [2.24, 2.45) is 0 Å². The van der Waals surface area contributed by atoms with Gasteiger partial charge in [0.15, 0.2) is 5.82 Å². The van der Waals surface area contributed by atoms with Crippen LogP contribution in [0.3, 0.4) is 0 Å². The molecule has 222 valence electrons. The van der Waals surface area contributed by atoms with Gasteiger partial charge in [-0.15, -0.1) is 0 Å². The molecule has 4 heterocycles. The van der Waals surface area contributed by atoms with E-state index in [9.17, 15) is 0 Å². The van der Waals surface area contributed by atoms with E-state index in [4.69, 9.17) is 9.97 Å². The van der Waals surface area contributed by atoms with Crippen molar-refractivity contribution in [2.45, 2.75) is 0 Å². The molecule has 0 saturated carbocycles. The molecular weight excluding hydrogens is 585 g/mol. The quantitative estimate of drug-likeness (QED) is 0.199. The molecule has 0 fully saturated rings. The highest BCUT2D eigenvalue weighted by Crippen LogP contribution is 2.44. The van der Waals surface area contributed by atoms with E-state index < -0.39 is 0 Å². The maximum Gasteiger partial charge on any atom is 0.160 e. The summed E-state index contributed by atoms with van der Waals surface area (Å²) in [6.45, 7) is 0. The third-order valence-corrected chi connectivity index (χ3v) is 10.0. The number of nitrogens with zero attached hydrogens (tertiary/aromatic N) is 4. The van der Waals surface area contributed by atoms with Gasteiger partial charge in [-0.3, -0.25) is 0 Å². The van der Waals surface area contributed by atoms with Gasteiger partial charge in [0.2, 0.25) is 0 Å². The third-order valence-electron chi connectivity index (χ3n) is 10.0. The zero-order valence-electron chi connectivity index (χ0n) is 25.8. The van der Waals surface area contributed by atoms with Crippen molar-refractivity contribution in [3.63, 3.8) is 0 Å². The summed E-state index contributed by atoms with van der Waals surface area (Å²) in [6.07, 6.45) is 0. The van der Waals surface area contributed by atoms with Crippen molar-refractivity contribution < 1.29 is 0 Å². The van der Waals surface area contributed by atoms with Gasteiger partial charge in [-0.05, 0) is 47.9 Å². The molecule has 0 bridgehead atoms. The molecule has 7 aromatic carbocycles. The molecule has 0 aliphatic rings. The highest BCUT2D eigenvalue weighted by molar-refractivity contribution is 6.31. The highest BCUT2D eigenvalue weighted by Gasteiger charge is 2.22. The van der Waals surface area contributed by atoms with Gasteiger partial charge in [0.25, 0.3) is 0 Å². The Morgan fingerprint density at radius 1 is 0.396 bits per heavy atom. The predicted octanol–water partition coefficient (Wildman–Crippen LogP) is 11.2. The first-order chi connectivity index (χ1) is 23.8. The summed E-state index contributed by atoms with van der Waals surface area (Å²) >= 11 is 0. The fourth-order valence-corrected chi connectivity index (χ4v) is 8.05. The Balaban J connectivity index is 1.28. The average Bonchev–Trinajstić information content (AvgIpc) is 3.64. The largest absolute Gasteiger partial charge is 0.309 e. The minimum atomic E-state index is 0.729. The van der Waals surface area contributed by atoms with Crippen LogP contribution in [0.4, 0.5) is 0 Å². The van der Waals surface area contributed by atoms with Crippen molar-refractivity contribution in [3.05, 3.63) is 158 Å². The second-order valence-corrected chi connectivity index (χ2v) is 12.6. The van der Waals surface area contributed by atoms with Crippen LogP contribution in [-0.4, -0.2) is 18.9 Å². The maximum atomic E-state index is 5.19. The molecule has 0 radical (unpaired) electrons. The fourth-order valence-electron chi connectivity index (χ4n) is 8.05. The summed E-state index contributed by atoms with van der Waals surface area (Å²) < 4.78 is 4.91. The maximum absolute atomic E-state index is 5.19. The molecular formula is C44H26N4. The molecule has 11 rings (SSSR count). The standard InChI is InChI=1S/C44H26N4/c1-3-12-27(13-4-1)42-34-26-29(24-25-35(34)45-44(46-42)28-14-5-2-6-15-28)47-37-21-10-17-31-33-19-9-18-32-30-16-7-8-20-36(30)48(43(32)33)39-23-11-22-38(47)41(39)40(31)37/h1-26H. The normalized spacial score (nSPS) is 12.2. The van der Waals surface area contributed by atoms with E-state index in [1.54, 1.807) is 0 Å². The van der Waals surface area contributed by atoms with Crippen LogP contribution in [0.25, 0.3) is 99.1 Å². The van der Waals surface area contributed by atoms with Gasteiger partial charge in [0.1, 0.15) is 0 Å². The van der Waals surface area contributed by atoms with Crippen LogP contribution in [0.5, 0.6) is 0 Å². The van der Waals surface area contributed by atoms with Crippen molar-refractivity contribution in [1.29, 1.82) is 0 Å². The Morgan fingerprint density at radius 2 is 1.00 bits per heavy atom. The average molecular weight is 611 g/mol. The molecule has 4 nitrogen and oxygen atoms in total. The molecule has 4 aromatic heterocycles. The first-order valence-electron chi connectivity index (χ1n) is 16.4. The number of benzene rings is 7. The molecule has 48 heavy (non-hydrogen) atoms. The zero-order valence-corrected chi connectivity index (χ0v) is 25.8. The van der Waals surface area contributed by atoms with Crippen LogP contribution in [0, 0.1) is 0 Å². The van der Waals surface area contributed by atoms with Gasteiger partial charge in [0, 0.05) is 49.1 Å². The van der Waals surface area contributed by atoms with E-state index >= 15 is 0 Å². The summed E-state index contributed by atoms with van der Waals surface area (Å²) in [5.74, 6) is 0.729. The summed E-state index contributed by atoms with van der Waals surface area (Å²) in [5, 5.41) is 8.65. The fraction of sp³-hybridized carbons (Fsp3) is 0. The number of rotatable bonds is 3. The molecule has 0 aliphatic carbocycles. The first kappa shape index (κ1) is 25.6. The smallest absolute Gasteiger partial charge is 0.160 e. The molecule has 0 unspecified atom stereocenters. The van der Waals surface area contributed by atoms with Gasteiger partial charge in [0.05, 0.1) is 38.8 Å². The number of hydrogen-bond donors (Lipinski definition) is 0. The third kappa shape index (κ3) is 3.38. The van der Waals surface area contributed by atoms with Crippen LogP contribution in [0.1, 0.15) is 0 Å². The molecule has 0 N–H and O–H groups in total. The van der Waals surface area contributed by atoms with Crippen molar-refractivity contribution >= 4 is 70.8 Å². The Kier molecular flexibility index (Phi) is 5.08. The number of hydrogen-bond acceptors (Lipinski definition) is 2. The number of fused-ring (bicyclic) bond motifs is 6. The second-order valence-electron chi connectivity index (χ2n) is 12.6. The second kappa shape index (κ2) is 9.50. The monoisotopic (exact) mass is 610 g/mol. The summed E-state index contributed by atoms with van der Waals surface area (Å²) in [6, 6.07) is 56.4. The van der Waals surface area contributed by atoms with E-state index in [0.29, 0.717) is 0 Å². The van der Waals surface area contributed by atoms with E-state index in [-0.39, 0.29) is 0 Å². The molecule has 0 aliphatic heterocycles. The molecule has 4 heteroatoms. The SMILES string of the molecule is c1ccc(-c2nc(-c3ccccc3)c3cc(-n4c5cccc6c7cccc8c9ccccc9n(c9cccc4c9c65)c78)ccc3n2)cc1. The van der Waals surface area contributed by atoms with Crippen LogP contribution in [0.2, 0.25) is 0 Å². The van der Waals surface area contributed by atoms with E-state index in [1.165, 1.54) is 59.9 Å². The Bertz CT molecular complexity index is 3040. The lowest BCUT2D eigenvalue weighted by Gasteiger charge is -2.13. The minimum Gasteiger partial charge on any atom is -0.309 e. The molecule has 11 aromatic rings. The van der Waals surface area contributed by atoms with Gasteiger partial charge < -0.3 is 8.97 Å². The van der Waals surface area contributed by atoms with Gasteiger partial charge in [-0.1, -0.05) is 115 Å². The Morgan fingerprint density at radius 3 is 1.83 bits per heavy atom. The predicted molar refractivity (Wildman–Crippen MR) is 199 cm³/mol. The van der Waals surface area contributed by atoms with Crippen LogP contribution >= 0.6 is 0 Å². The molecule has 0 spiro atoms. The first-order valence-corrected chi connectivity index (χ1v) is 16.4. The van der Waals surface area contributed by atoms with Gasteiger partial charge >= 0.3 is 0 Å². The molecule has 0 saturated heterocycles. The molecule has 0 amide bonds. The van der Waals surface area contributed by atoms with Crippen molar-refractivity contribution in [3.8, 4) is 28.3 Å². The Hall–Kier alpha value is -6.52. The highest BCUT2D eigenvalue weighted by atomic mass is 15.0. The lowest BCUT2D eigenvalue weighted by Crippen LogP contribution is -1.98. The Labute approximate surface area is 275 Å². The topological polar surface area (TPSA) is 35.1 Å². The van der Waals surface area contributed by atoms with E-state index in [1.807, 2.05) is 24.3 Å². The lowest BCUT2D eigenvalue weighted by molar-refractivity contribution is 1.18. The van der Waals surface area contributed by atoms with Gasteiger partial charge in [-0.25, -0.2) is 9.97 Å². The zero-order chi connectivity index (χ0) is 31.3. The van der Waals surface area contributed by atoms with Gasteiger partial charge in [-0.2, -0.15) is 0 Å². The minimum absolute atomic E-state index is 0.729. The lowest BCUT2D eigenvalue weighted by atomic mass is 10.0. The summed E-state index contributed by atoms with van der Waals surface area (Å²) in [4.78, 5) is 10.3. The summed E-state index contributed by atoms with van der Waals surface area (Å²) in [7, 11) is 0. The van der Waals surface area contributed by atoms with Crippen LogP contribution in [0.15, 0.2) is 158 Å². The van der Waals surface area contributed by atoms with Crippen LogP contribution < -0.4 is 0 Å². The van der Waals surface area contributed by atoms with E-state index in [0.717, 1.165) is 39.2 Å². The number of para-hydroxylation sites is 2. The van der Waals surface area contributed by atoms with Crippen molar-refractivity contribution in [2.75, 3.05) is 0 Å². The van der Waals surface area contributed by atoms with Crippen LogP contribution in [-0.2, 0) is 0 Å². The summed E-state index contributed by atoms with van der Waals surface area (Å²) in [5.41, 5.74) is 11.1. The van der Waals surface area contributed by atoms with E-state index in [2.05, 4.69) is 142 Å². The molecule has 0 atom stereocenters.